The molecule has 1 aliphatic carbocycles. The van der Waals surface area contributed by atoms with Crippen molar-refractivity contribution in [1.82, 2.24) is 14.9 Å². The van der Waals surface area contributed by atoms with E-state index >= 15 is 0 Å². The topological polar surface area (TPSA) is 141 Å². The Balaban J connectivity index is 1.37. The number of amides is 3. The molecule has 2 N–H and O–H groups in total. The quantitative estimate of drug-likeness (QED) is 0.530. The van der Waals surface area contributed by atoms with Crippen LogP contribution in [0, 0.1) is 17.2 Å². The van der Waals surface area contributed by atoms with Gasteiger partial charge in [0.05, 0.1) is 5.02 Å². The molecule has 0 bridgehead atoms. The Kier molecular flexibility index (Phi) is 6.57. The van der Waals surface area contributed by atoms with Crippen LogP contribution in [0.2, 0.25) is 5.02 Å². The summed E-state index contributed by atoms with van der Waals surface area (Å²) in [5.41, 5.74) is 0.707. The summed E-state index contributed by atoms with van der Waals surface area (Å²) in [5, 5.41) is 15.2. The number of hydrogen-bond donors (Lipinski definition) is 2. The van der Waals surface area contributed by atoms with Crippen LogP contribution in [-0.2, 0) is 9.59 Å². The summed E-state index contributed by atoms with van der Waals surface area (Å²) in [7, 11) is 0. The molecule has 3 aromatic rings. The Hall–Kier alpha value is -3.97. The number of rotatable bonds is 5. The van der Waals surface area contributed by atoms with Crippen LogP contribution in [0.25, 0.3) is 11.1 Å². The zero-order valence-electron chi connectivity index (χ0n) is 19.3. The lowest BCUT2D eigenvalue weighted by atomic mass is 9.84. The minimum Gasteiger partial charge on any atom is -0.447 e. The molecule has 0 unspecified atom stereocenters. The summed E-state index contributed by atoms with van der Waals surface area (Å²) in [4.78, 5) is 48.6. The second-order valence-electron chi connectivity index (χ2n) is 8.96. The summed E-state index contributed by atoms with van der Waals surface area (Å²) in [5.74, 6) is -0.869. The van der Waals surface area contributed by atoms with Crippen LogP contribution in [0.5, 0.6) is 0 Å². The lowest BCUT2D eigenvalue weighted by Gasteiger charge is -2.34. The molecule has 0 aromatic carbocycles. The average molecular weight is 507 g/mol. The van der Waals surface area contributed by atoms with E-state index in [4.69, 9.17) is 16.0 Å². The van der Waals surface area contributed by atoms with Crippen LogP contribution in [0.15, 0.2) is 34.9 Å². The first kappa shape index (κ1) is 23.8. The molecular weight excluding hydrogens is 484 g/mol. The third kappa shape index (κ3) is 4.75. The van der Waals surface area contributed by atoms with Gasteiger partial charge in [-0.25, -0.2) is 9.97 Å². The van der Waals surface area contributed by atoms with E-state index < -0.39 is 5.91 Å². The van der Waals surface area contributed by atoms with Crippen LogP contribution in [-0.4, -0.2) is 45.2 Å². The number of pyridine rings is 2. The van der Waals surface area contributed by atoms with Gasteiger partial charge in [-0.1, -0.05) is 11.6 Å². The number of aromatic nitrogens is 2. The molecular formula is C25H23ClN6O4. The molecule has 3 aromatic heterocycles. The van der Waals surface area contributed by atoms with E-state index in [0.717, 1.165) is 25.8 Å². The largest absolute Gasteiger partial charge is 0.447 e. The number of halogens is 1. The van der Waals surface area contributed by atoms with Crippen molar-refractivity contribution < 1.29 is 18.8 Å². The molecule has 1 aliphatic heterocycles. The standard InChI is InChI=1S/C25H23ClN6O4/c26-15-5-10-19(28-13-15)30-25(35)23-22(21-18(36-23)9-6-16(12-27)29-21)31-24(34)14-3-7-17(8-4-14)32-11-1-2-20(32)33/h5-6,9-10,13-14,17H,1-4,7-8,11H2,(H,31,34)(H,28,30,35)/t14-,17-. The molecule has 3 amide bonds. The number of anilines is 2. The van der Waals surface area contributed by atoms with Crippen LogP contribution in [0.1, 0.15) is 54.8 Å². The first-order chi connectivity index (χ1) is 17.4. The minimum atomic E-state index is -0.632. The number of carbonyl (C=O) groups excluding carboxylic acids is 3. The Morgan fingerprint density at radius 1 is 1.14 bits per heavy atom. The fourth-order valence-corrected chi connectivity index (χ4v) is 4.98. The average Bonchev–Trinajstić information content (AvgIpc) is 3.48. The van der Waals surface area contributed by atoms with Gasteiger partial charge in [0.1, 0.15) is 28.8 Å². The van der Waals surface area contributed by atoms with Crippen molar-refractivity contribution in [2.75, 3.05) is 17.2 Å². The van der Waals surface area contributed by atoms with Gasteiger partial charge in [-0.05, 0) is 56.4 Å². The smallest absolute Gasteiger partial charge is 0.294 e. The minimum absolute atomic E-state index is 0.107. The fourth-order valence-electron chi connectivity index (χ4n) is 4.87. The number of hydrogen-bond acceptors (Lipinski definition) is 7. The summed E-state index contributed by atoms with van der Waals surface area (Å²) in [6, 6.07) is 8.26. The molecule has 184 valence electrons. The van der Waals surface area contributed by atoms with Crippen molar-refractivity contribution in [3.63, 3.8) is 0 Å². The van der Waals surface area contributed by atoms with Gasteiger partial charge in [0.2, 0.25) is 17.6 Å². The Bertz CT molecular complexity index is 1370. The first-order valence-electron chi connectivity index (χ1n) is 11.8. The molecule has 0 atom stereocenters. The van der Waals surface area contributed by atoms with E-state index in [-0.39, 0.29) is 57.8 Å². The van der Waals surface area contributed by atoms with Crippen LogP contribution in [0.3, 0.4) is 0 Å². The highest BCUT2D eigenvalue weighted by molar-refractivity contribution is 6.30. The van der Waals surface area contributed by atoms with Crippen molar-refractivity contribution in [2.24, 2.45) is 5.92 Å². The SMILES string of the molecule is N#Cc1ccc2oc(C(=O)Nc3ccc(Cl)cn3)c(NC(=O)[C@H]3CC[C@H](N4CCCC4=O)CC3)c2n1. The predicted octanol–water partition coefficient (Wildman–Crippen LogP) is 4.12. The fraction of sp³-hybridized carbons (Fsp3) is 0.360. The second kappa shape index (κ2) is 9.95. The number of furan rings is 1. The van der Waals surface area contributed by atoms with Gasteiger partial charge in [0.25, 0.3) is 5.91 Å². The number of carbonyl (C=O) groups is 3. The highest BCUT2D eigenvalue weighted by Gasteiger charge is 2.34. The maximum absolute atomic E-state index is 13.2. The highest BCUT2D eigenvalue weighted by atomic mass is 35.5. The molecule has 10 nitrogen and oxygen atoms in total. The van der Waals surface area contributed by atoms with Crippen molar-refractivity contribution in [1.29, 1.82) is 5.26 Å². The van der Waals surface area contributed by atoms with Crippen LogP contribution < -0.4 is 10.6 Å². The van der Waals surface area contributed by atoms with E-state index in [2.05, 4.69) is 20.6 Å². The van der Waals surface area contributed by atoms with Crippen molar-refractivity contribution in [3.8, 4) is 6.07 Å². The summed E-state index contributed by atoms with van der Waals surface area (Å²) in [6.07, 6.45) is 5.64. The second-order valence-corrected chi connectivity index (χ2v) is 9.40. The maximum atomic E-state index is 13.2. The van der Waals surface area contributed by atoms with E-state index in [0.29, 0.717) is 24.3 Å². The van der Waals surface area contributed by atoms with Gasteiger partial charge in [-0.2, -0.15) is 5.26 Å². The Morgan fingerprint density at radius 2 is 1.94 bits per heavy atom. The molecule has 0 spiro atoms. The lowest BCUT2D eigenvalue weighted by Crippen LogP contribution is -2.40. The van der Waals surface area contributed by atoms with Crippen molar-refractivity contribution in [3.05, 3.63) is 46.9 Å². The molecule has 0 radical (unpaired) electrons. The van der Waals surface area contributed by atoms with Crippen molar-refractivity contribution >= 4 is 51.9 Å². The summed E-state index contributed by atoms with van der Waals surface area (Å²) >= 11 is 5.86. The number of nitriles is 1. The van der Waals surface area contributed by atoms with Crippen molar-refractivity contribution in [2.45, 2.75) is 44.6 Å². The van der Waals surface area contributed by atoms with Crippen LogP contribution >= 0.6 is 11.6 Å². The number of nitrogens with one attached hydrogen (secondary N) is 2. The molecule has 4 heterocycles. The van der Waals surface area contributed by atoms with E-state index in [9.17, 15) is 19.6 Å². The molecule has 2 fully saturated rings. The normalized spacial score (nSPS) is 19.8. The number of nitrogens with zero attached hydrogens (tertiary/aromatic N) is 4. The summed E-state index contributed by atoms with van der Waals surface area (Å²) < 4.78 is 5.74. The Labute approximate surface area is 211 Å². The lowest BCUT2D eigenvalue weighted by molar-refractivity contribution is -0.130. The van der Waals surface area contributed by atoms with Gasteiger partial charge >= 0.3 is 0 Å². The van der Waals surface area contributed by atoms with E-state index in [1.807, 2.05) is 11.0 Å². The predicted molar refractivity (Wildman–Crippen MR) is 131 cm³/mol. The highest BCUT2D eigenvalue weighted by Crippen LogP contribution is 2.34. The molecule has 36 heavy (non-hydrogen) atoms. The van der Waals surface area contributed by atoms with Gasteiger partial charge in [-0.15, -0.1) is 0 Å². The molecule has 5 rings (SSSR count). The molecule has 1 saturated carbocycles. The van der Waals surface area contributed by atoms with Gasteiger partial charge in [-0.3, -0.25) is 14.4 Å². The van der Waals surface area contributed by atoms with E-state index in [1.165, 1.54) is 24.4 Å². The van der Waals surface area contributed by atoms with E-state index in [1.54, 1.807) is 6.07 Å². The van der Waals surface area contributed by atoms with Gasteiger partial charge < -0.3 is 20.0 Å². The number of likely N-dealkylation sites (tertiary alicyclic amines) is 1. The number of fused-ring (bicyclic) bond motifs is 1. The maximum Gasteiger partial charge on any atom is 0.294 e. The first-order valence-corrected chi connectivity index (χ1v) is 12.2. The van der Waals surface area contributed by atoms with Gasteiger partial charge in [0, 0.05) is 31.1 Å². The third-order valence-electron chi connectivity index (χ3n) is 6.69. The summed E-state index contributed by atoms with van der Waals surface area (Å²) in [6.45, 7) is 0.787. The molecule has 1 saturated heterocycles. The Morgan fingerprint density at radius 3 is 2.61 bits per heavy atom. The van der Waals surface area contributed by atoms with Gasteiger partial charge in [0.15, 0.2) is 5.58 Å². The third-order valence-corrected chi connectivity index (χ3v) is 6.91. The molecule has 11 heteroatoms. The molecule has 2 aliphatic rings. The van der Waals surface area contributed by atoms with Crippen LogP contribution in [0.4, 0.5) is 11.5 Å². The zero-order valence-corrected chi connectivity index (χ0v) is 20.0. The monoisotopic (exact) mass is 506 g/mol. The zero-order chi connectivity index (χ0) is 25.2.